The number of amides is 1. The van der Waals surface area contributed by atoms with Crippen molar-refractivity contribution in [2.24, 2.45) is 0 Å². The summed E-state index contributed by atoms with van der Waals surface area (Å²) in [5.74, 6) is 2.53. The van der Waals surface area contributed by atoms with E-state index >= 15 is 0 Å². The van der Waals surface area contributed by atoms with E-state index in [1.165, 1.54) is 5.56 Å². The average molecular weight is 215 g/mol. The van der Waals surface area contributed by atoms with Gasteiger partial charge in [-0.2, -0.15) is 0 Å². The lowest BCUT2D eigenvalue weighted by molar-refractivity contribution is 0.0953. The molecule has 0 aliphatic heterocycles. The van der Waals surface area contributed by atoms with Crippen molar-refractivity contribution in [3.63, 3.8) is 0 Å². The highest BCUT2D eigenvalue weighted by atomic mass is 16.1. The number of benzene rings is 1. The zero-order valence-electron chi connectivity index (χ0n) is 9.62. The van der Waals surface area contributed by atoms with Gasteiger partial charge in [0.25, 0.3) is 5.91 Å². The zero-order chi connectivity index (χ0) is 11.8. The second kappa shape index (κ2) is 6.68. The quantitative estimate of drug-likeness (QED) is 0.593. The van der Waals surface area contributed by atoms with E-state index in [4.69, 9.17) is 6.42 Å². The Labute approximate surface area is 97.1 Å². The van der Waals surface area contributed by atoms with Gasteiger partial charge in [-0.1, -0.05) is 19.1 Å². The van der Waals surface area contributed by atoms with Gasteiger partial charge in [-0.05, 0) is 30.5 Å². The summed E-state index contributed by atoms with van der Waals surface area (Å²) < 4.78 is 0. The number of nitrogens with one attached hydrogen (secondary N) is 1. The molecule has 1 amide bonds. The van der Waals surface area contributed by atoms with Crippen LogP contribution in [0.25, 0.3) is 0 Å². The van der Waals surface area contributed by atoms with Crippen LogP contribution in [0.1, 0.15) is 35.7 Å². The molecule has 0 spiro atoms. The standard InChI is InChI=1S/C14H17NO/c1-3-5-6-10-15-14(16)13-9-7-8-12(4-2)11-13/h1,7-9,11H,4-6,10H2,2H3,(H,15,16). The summed E-state index contributed by atoms with van der Waals surface area (Å²) in [5, 5.41) is 2.85. The van der Waals surface area contributed by atoms with Gasteiger partial charge in [-0.3, -0.25) is 4.79 Å². The van der Waals surface area contributed by atoms with Crippen molar-refractivity contribution in [2.75, 3.05) is 6.54 Å². The van der Waals surface area contributed by atoms with Crippen molar-refractivity contribution in [3.05, 3.63) is 35.4 Å². The second-order valence-electron chi connectivity index (χ2n) is 3.62. The van der Waals surface area contributed by atoms with E-state index in [-0.39, 0.29) is 5.91 Å². The number of unbranched alkanes of at least 4 members (excludes halogenated alkanes) is 1. The molecular weight excluding hydrogens is 198 g/mol. The Kier molecular flexibility index (Phi) is 5.15. The first-order valence-electron chi connectivity index (χ1n) is 5.58. The topological polar surface area (TPSA) is 29.1 Å². The molecule has 0 saturated heterocycles. The molecule has 0 aliphatic carbocycles. The van der Waals surface area contributed by atoms with Gasteiger partial charge >= 0.3 is 0 Å². The van der Waals surface area contributed by atoms with Gasteiger partial charge < -0.3 is 5.32 Å². The molecule has 1 aromatic carbocycles. The first-order chi connectivity index (χ1) is 7.77. The van der Waals surface area contributed by atoms with Gasteiger partial charge in [0.05, 0.1) is 0 Å². The summed E-state index contributed by atoms with van der Waals surface area (Å²) in [6.07, 6.45) is 7.61. The maximum atomic E-state index is 11.7. The maximum absolute atomic E-state index is 11.7. The van der Waals surface area contributed by atoms with E-state index in [0.29, 0.717) is 13.0 Å². The number of carbonyl (C=O) groups is 1. The van der Waals surface area contributed by atoms with Crippen LogP contribution in [-0.4, -0.2) is 12.5 Å². The largest absolute Gasteiger partial charge is 0.352 e. The van der Waals surface area contributed by atoms with Gasteiger partial charge in [0.15, 0.2) is 0 Å². The van der Waals surface area contributed by atoms with Crippen molar-refractivity contribution in [2.45, 2.75) is 26.2 Å². The lowest BCUT2D eigenvalue weighted by Gasteiger charge is -2.05. The van der Waals surface area contributed by atoms with E-state index in [1.807, 2.05) is 24.3 Å². The summed E-state index contributed by atoms with van der Waals surface area (Å²) in [4.78, 5) is 11.7. The molecule has 0 heterocycles. The monoisotopic (exact) mass is 215 g/mol. The number of carbonyl (C=O) groups excluding carboxylic acids is 1. The number of hydrogen-bond donors (Lipinski definition) is 1. The molecule has 2 nitrogen and oxygen atoms in total. The van der Waals surface area contributed by atoms with Crippen LogP contribution in [0.5, 0.6) is 0 Å². The van der Waals surface area contributed by atoms with Crippen LogP contribution in [-0.2, 0) is 6.42 Å². The molecule has 0 atom stereocenters. The minimum absolute atomic E-state index is 0.0210. The molecule has 1 rings (SSSR count). The van der Waals surface area contributed by atoms with Crippen molar-refractivity contribution < 1.29 is 4.79 Å². The Morgan fingerprint density at radius 3 is 3.00 bits per heavy atom. The fraction of sp³-hybridized carbons (Fsp3) is 0.357. The van der Waals surface area contributed by atoms with Crippen LogP contribution in [0.4, 0.5) is 0 Å². The molecule has 0 bridgehead atoms. The molecule has 0 unspecified atom stereocenters. The minimum Gasteiger partial charge on any atom is -0.352 e. The summed E-state index contributed by atoms with van der Waals surface area (Å²) >= 11 is 0. The van der Waals surface area contributed by atoms with E-state index in [0.717, 1.165) is 18.4 Å². The SMILES string of the molecule is C#CCCCNC(=O)c1cccc(CC)c1. The van der Waals surface area contributed by atoms with E-state index in [9.17, 15) is 4.79 Å². The lowest BCUT2D eigenvalue weighted by atomic mass is 10.1. The molecule has 1 aromatic rings. The summed E-state index contributed by atoms with van der Waals surface area (Å²) in [6.45, 7) is 2.71. The number of aryl methyl sites for hydroxylation is 1. The number of rotatable bonds is 5. The molecular formula is C14H17NO. The second-order valence-corrected chi connectivity index (χ2v) is 3.62. The van der Waals surface area contributed by atoms with Gasteiger partial charge in [0, 0.05) is 18.5 Å². The van der Waals surface area contributed by atoms with Gasteiger partial charge in [0.2, 0.25) is 0 Å². The predicted molar refractivity (Wildman–Crippen MR) is 66.2 cm³/mol. The van der Waals surface area contributed by atoms with Crippen LogP contribution in [0.3, 0.4) is 0 Å². The molecule has 0 aromatic heterocycles. The van der Waals surface area contributed by atoms with Crippen LogP contribution in [0.15, 0.2) is 24.3 Å². The molecule has 0 aliphatic rings. The Balaban J connectivity index is 2.49. The fourth-order valence-electron chi connectivity index (χ4n) is 1.43. The predicted octanol–water partition coefficient (Wildman–Crippen LogP) is 2.39. The highest BCUT2D eigenvalue weighted by Gasteiger charge is 2.04. The molecule has 1 N–H and O–H groups in total. The lowest BCUT2D eigenvalue weighted by Crippen LogP contribution is -2.24. The van der Waals surface area contributed by atoms with E-state index in [1.54, 1.807) is 0 Å². The average Bonchev–Trinajstić information content (AvgIpc) is 2.34. The normalized spacial score (nSPS) is 9.50. The molecule has 0 saturated carbocycles. The third-order valence-corrected chi connectivity index (χ3v) is 2.38. The Hall–Kier alpha value is -1.75. The third kappa shape index (κ3) is 3.78. The van der Waals surface area contributed by atoms with Crippen molar-refractivity contribution >= 4 is 5.91 Å². The smallest absolute Gasteiger partial charge is 0.251 e. The van der Waals surface area contributed by atoms with Crippen molar-refractivity contribution in [1.82, 2.24) is 5.32 Å². The summed E-state index contributed by atoms with van der Waals surface area (Å²) in [6, 6.07) is 7.69. The number of terminal acetylenes is 1. The maximum Gasteiger partial charge on any atom is 0.251 e. The van der Waals surface area contributed by atoms with E-state index in [2.05, 4.69) is 18.2 Å². The zero-order valence-corrected chi connectivity index (χ0v) is 9.62. The third-order valence-electron chi connectivity index (χ3n) is 2.38. The van der Waals surface area contributed by atoms with Gasteiger partial charge in [-0.25, -0.2) is 0 Å². The van der Waals surface area contributed by atoms with Gasteiger partial charge in [-0.15, -0.1) is 12.3 Å². The fourth-order valence-corrected chi connectivity index (χ4v) is 1.43. The Morgan fingerprint density at radius 2 is 2.31 bits per heavy atom. The summed E-state index contributed by atoms with van der Waals surface area (Å²) in [7, 11) is 0. The van der Waals surface area contributed by atoms with Crippen LogP contribution in [0, 0.1) is 12.3 Å². The van der Waals surface area contributed by atoms with Crippen molar-refractivity contribution in [3.8, 4) is 12.3 Å². The first kappa shape index (κ1) is 12.3. The minimum atomic E-state index is -0.0210. The van der Waals surface area contributed by atoms with E-state index < -0.39 is 0 Å². The first-order valence-corrected chi connectivity index (χ1v) is 5.58. The molecule has 84 valence electrons. The molecule has 0 fully saturated rings. The molecule has 2 heteroatoms. The molecule has 0 radical (unpaired) electrons. The van der Waals surface area contributed by atoms with Crippen LogP contribution < -0.4 is 5.32 Å². The highest BCUT2D eigenvalue weighted by molar-refractivity contribution is 5.94. The van der Waals surface area contributed by atoms with Crippen LogP contribution in [0.2, 0.25) is 0 Å². The Bertz CT molecular complexity index is 390. The summed E-state index contributed by atoms with van der Waals surface area (Å²) in [5.41, 5.74) is 1.90. The van der Waals surface area contributed by atoms with Crippen LogP contribution >= 0.6 is 0 Å². The van der Waals surface area contributed by atoms with Gasteiger partial charge in [0.1, 0.15) is 0 Å². The Morgan fingerprint density at radius 1 is 1.50 bits per heavy atom. The highest BCUT2D eigenvalue weighted by Crippen LogP contribution is 2.05. The molecule has 16 heavy (non-hydrogen) atoms. The number of hydrogen-bond acceptors (Lipinski definition) is 1. The van der Waals surface area contributed by atoms with Crippen molar-refractivity contribution in [1.29, 1.82) is 0 Å².